The van der Waals surface area contributed by atoms with Crippen molar-refractivity contribution in [1.29, 1.82) is 0 Å². The summed E-state index contributed by atoms with van der Waals surface area (Å²) < 4.78 is 40.6. The Hall–Kier alpha value is -2.93. The van der Waals surface area contributed by atoms with Crippen molar-refractivity contribution < 1.29 is 17.6 Å². The second-order valence-corrected chi connectivity index (χ2v) is 9.36. The Labute approximate surface area is 169 Å². The Balaban J connectivity index is 1.41. The van der Waals surface area contributed by atoms with Gasteiger partial charge in [0, 0.05) is 36.7 Å². The molecule has 0 spiro atoms. The van der Waals surface area contributed by atoms with Crippen molar-refractivity contribution in [2.24, 2.45) is 0 Å². The van der Waals surface area contributed by atoms with Crippen LogP contribution >= 0.6 is 0 Å². The number of carbonyl (C=O) groups excluding carboxylic acids is 1. The van der Waals surface area contributed by atoms with Crippen LogP contribution in [-0.4, -0.2) is 42.1 Å². The van der Waals surface area contributed by atoms with Crippen LogP contribution in [0.2, 0.25) is 0 Å². The fraction of sp³-hybridized carbons (Fsp3) is 0.227. The van der Waals surface area contributed by atoms with E-state index < -0.39 is 20.9 Å². The van der Waals surface area contributed by atoms with E-state index in [4.69, 9.17) is 0 Å². The lowest BCUT2D eigenvalue weighted by Crippen LogP contribution is -2.42. The number of carbonyl (C=O) groups is 1. The number of rotatable bonds is 4. The highest BCUT2D eigenvalue weighted by atomic mass is 32.2. The summed E-state index contributed by atoms with van der Waals surface area (Å²) in [5, 5.41) is -0.562. The van der Waals surface area contributed by atoms with Gasteiger partial charge in [0.25, 0.3) is 5.91 Å². The fourth-order valence-electron chi connectivity index (χ4n) is 3.65. The van der Waals surface area contributed by atoms with Gasteiger partial charge in [-0.1, -0.05) is 0 Å². The average molecular weight is 412 g/mol. The molecule has 1 aromatic heterocycles. The highest BCUT2D eigenvalue weighted by molar-refractivity contribution is 7.92. The minimum atomic E-state index is -3.53. The van der Waals surface area contributed by atoms with E-state index in [-0.39, 0.29) is 10.8 Å². The Kier molecular flexibility index (Phi) is 5.24. The molecule has 1 fully saturated rings. The van der Waals surface area contributed by atoms with Crippen molar-refractivity contribution in [1.82, 2.24) is 9.47 Å². The number of likely N-dealkylation sites (tertiary alicyclic amines) is 1. The van der Waals surface area contributed by atoms with Crippen LogP contribution in [0.15, 0.2) is 78.0 Å². The molecule has 0 N–H and O–H groups in total. The monoisotopic (exact) mass is 412 g/mol. The summed E-state index contributed by atoms with van der Waals surface area (Å²) in [6, 6.07) is 16.1. The Morgan fingerprint density at radius 3 is 2.07 bits per heavy atom. The average Bonchev–Trinajstić information content (AvgIpc) is 3.29. The van der Waals surface area contributed by atoms with Crippen LogP contribution in [-0.2, 0) is 9.84 Å². The van der Waals surface area contributed by atoms with Gasteiger partial charge in [-0.05, 0) is 73.5 Å². The first-order valence-corrected chi connectivity index (χ1v) is 11.0. The first kappa shape index (κ1) is 19.4. The van der Waals surface area contributed by atoms with Crippen LogP contribution in [0.4, 0.5) is 4.39 Å². The SMILES string of the molecule is O=C(c1ccc(-n2cccc2)cc1)N1CCC(S(=O)(=O)c2ccc(F)cc2)CC1. The number of benzene rings is 2. The molecule has 0 aliphatic carbocycles. The summed E-state index contributed by atoms with van der Waals surface area (Å²) in [4.78, 5) is 14.6. The van der Waals surface area contributed by atoms with Crippen LogP contribution in [0, 0.1) is 5.82 Å². The third-order valence-electron chi connectivity index (χ3n) is 5.33. The molecule has 7 heteroatoms. The van der Waals surface area contributed by atoms with Crippen LogP contribution in [0.3, 0.4) is 0 Å². The summed E-state index contributed by atoms with van der Waals surface area (Å²) in [6.45, 7) is 0.757. The van der Waals surface area contributed by atoms with Gasteiger partial charge in [0.15, 0.2) is 9.84 Å². The second-order valence-electron chi connectivity index (χ2n) is 7.13. The van der Waals surface area contributed by atoms with Gasteiger partial charge in [-0.2, -0.15) is 0 Å². The van der Waals surface area contributed by atoms with Crippen molar-refractivity contribution in [2.75, 3.05) is 13.1 Å². The van der Waals surface area contributed by atoms with E-state index in [9.17, 15) is 17.6 Å². The third-order valence-corrected chi connectivity index (χ3v) is 7.61. The summed E-state index contributed by atoms with van der Waals surface area (Å²) in [5.41, 5.74) is 1.55. The molecule has 1 amide bonds. The van der Waals surface area contributed by atoms with Gasteiger partial charge in [-0.25, -0.2) is 12.8 Å². The maximum absolute atomic E-state index is 13.1. The topological polar surface area (TPSA) is 59.4 Å². The summed E-state index contributed by atoms with van der Waals surface area (Å²) in [7, 11) is -3.53. The highest BCUT2D eigenvalue weighted by Crippen LogP contribution is 2.25. The minimum absolute atomic E-state index is 0.0957. The first-order chi connectivity index (χ1) is 13.9. The minimum Gasteiger partial charge on any atom is -0.339 e. The summed E-state index contributed by atoms with van der Waals surface area (Å²) in [5.74, 6) is -0.561. The lowest BCUT2D eigenvalue weighted by molar-refractivity contribution is 0.0725. The van der Waals surface area contributed by atoms with Gasteiger partial charge in [-0.15, -0.1) is 0 Å². The fourth-order valence-corrected chi connectivity index (χ4v) is 5.38. The van der Waals surface area contributed by atoms with E-state index >= 15 is 0 Å². The normalized spacial score (nSPS) is 15.4. The number of amides is 1. The molecule has 4 rings (SSSR count). The molecular weight excluding hydrogens is 391 g/mol. The van der Waals surface area contributed by atoms with Crippen molar-refractivity contribution >= 4 is 15.7 Å². The van der Waals surface area contributed by atoms with Gasteiger partial charge < -0.3 is 9.47 Å². The quantitative estimate of drug-likeness (QED) is 0.614. The zero-order chi connectivity index (χ0) is 20.4. The molecule has 0 radical (unpaired) electrons. The molecule has 0 unspecified atom stereocenters. The molecule has 150 valence electrons. The van der Waals surface area contributed by atoms with Gasteiger partial charge in [0.05, 0.1) is 10.1 Å². The summed E-state index contributed by atoms with van der Waals surface area (Å²) >= 11 is 0. The van der Waals surface area contributed by atoms with E-state index in [0.29, 0.717) is 31.5 Å². The molecular formula is C22H21FN2O3S. The third kappa shape index (κ3) is 3.96. The standard InChI is InChI=1S/C22H21FN2O3S/c23-18-5-9-20(10-6-18)29(27,28)21-11-15-25(16-12-21)22(26)17-3-7-19(8-4-17)24-13-1-2-14-24/h1-10,13-14,21H,11-12,15-16H2. The van der Waals surface area contributed by atoms with Crippen molar-refractivity contribution in [3.05, 3.63) is 84.4 Å². The lowest BCUT2D eigenvalue weighted by Gasteiger charge is -2.31. The molecule has 2 aromatic carbocycles. The lowest BCUT2D eigenvalue weighted by atomic mass is 10.1. The molecule has 0 bridgehead atoms. The van der Waals surface area contributed by atoms with E-state index in [2.05, 4.69) is 0 Å². The molecule has 0 saturated carbocycles. The Morgan fingerprint density at radius 1 is 0.897 bits per heavy atom. The number of halogens is 1. The molecule has 0 atom stereocenters. The van der Waals surface area contributed by atoms with Crippen LogP contribution < -0.4 is 0 Å². The summed E-state index contributed by atoms with van der Waals surface area (Å²) in [6.07, 6.45) is 4.60. The van der Waals surface area contributed by atoms with Crippen LogP contribution in [0.5, 0.6) is 0 Å². The number of sulfone groups is 1. The zero-order valence-electron chi connectivity index (χ0n) is 15.7. The maximum Gasteiger partial charge on any atom is 0.253 e. The van der Waals surface area contributed by atoms with Crippen molar-refractivity contribution in [2.45, 2.75) is 23.0 Å². The van der Waals surface area contributed by atoms with Gasteiger partial charge in [0.2, 0.25) is 0 Å². The van der Waals surface area contributed by atoms with Crippen LogP contribution in [0.25, 0.3) is 5.69 Å². The molecule has 1 aliphatic rings. The molecule has 2 heterocycles. The molecule has 1 saturated heterocycles. The van der Waals surface area contributed by atoms with E-state index in [1.807, 2.05) is 41.2 Å². The number of aromatic nitrogens is 1. The smallest absolute Gasteiger partial charge is 0.253 e. The van der Waals surface area contributed by atoms with Gasteiger partial charge in [0.1, 0.15) is 5.82 Å². The van der Waals surface area contributed by atoms with Gasteiger partial charge in [-0.3, -0.25) is 4.79 Å². The van der Waals surface area contributed by atoms with Crippen molar-refractivity contribution in [3.8, 4) is 5.69 Å². The molecule has 29 heavy (non-hydrogen) atoms. The predicted molar refractivity (Wildman–Crippen MR) is 108 cm³/mol. The largest absolute Gasteiger partial charge is 0.339 e. The molecule has 3 aromatic rings. The Morgan fingerprint density at radius 2 is 1.48 bits per heavy atom. The molecule has 1 aliphatic heterocycles. The Bertz CT molecular complexity index is 1080. The molecule has 5 nitrogen and oxygen atoms in total. The van der Waals surface area contributed by atoms with Crippen LogP contribution in [0.1, 0.15) is 23.2 Å². The number of hydrogen-bond acceptors (Lipinski definition) is 3. The van der Waals surface area contributed by atoms with E-state index in [0.717, 1.165) is 17.8 Å². The zero-order valence-corrected chi connectivity index (χ0v) is 16.6. The predicted octanol–water partition coefficient (Wildman–Crippen LogP) is 3.69. The first-order valence-electron chi connectivity index (χ1n) is 9.47. The maximum atomic E-state index is 13.1. The van der Waals surface area contributed by atoms with E-state index in [1.165, 1.54) is 12.1 Å². The highest BCUT2D eigenvalue weighted by Gasteiger charge is 2.33. The number of nitrogens with zero attached hydrogens (tertiary/aromatic N) is 2. The van der Waals surface area contributed by atoms with Gasteiger partial charge >= 0.3 is 0 Å². The van der Waals surface area contributed by atoms with E-state index in [1.54, 1.807) is 17.0 Å². The number of hydrogen-bond donors (Lipinski definition) is 0. The second kappa shape index (κ2) is 7.83. The van der Waals surface area contributed by atoms with Crippen molar-refractivity contribution in [3.63, 3.8) is 0 Å². The number of piperidine rings is 1.